The van der Waals surface area contributed by atoms with E-state index in [1.54, 1.807) is 18.5 Å². The smallest absolute Gasteiger partial charge is 0.342 e. The molecule has 0 saturated heterocycles. The van der Waals surface area contributed by atoms with Gasteiger partial charge < -0.3 is 4.42 Å². The van der Waals surface area contributed by atoms with Gasteiger partial charge in [-0.3, -0.25) is 4.90 Å². The summed E-state index contributed by atoms with van der Waals surface area (Å²) in [4.78, 5) is 31.9. The Bertz CT molecular complexity index is 1310. The minimum absolute atomic E-state index is 0.400. The number of nitrogens with zero attached hydrogens (tertiary/aromatic N) is 5. The zero-order valence-electron chi connectivity index (χ0n) is 15.7. The van der Waals surface area contributed by atoms with Gasteiger partial charge in [-0.25, -0.2) is 24.7 Å². The second-order valence-electron chi connectivity index (χ2n) is 7.08. The average molecular weight is 485 g/mol. The molecule has 4 heterocycles. The molecule has 0 atom stereocenters. The van der Waals surface area contributed by atoms with Crippen LogP contribution in [0.15, 0.2) is 56.8 Å². The number of fused-ring (bicyclic) bond motifs is 2. The van der Waals surface area contributed by atoms with Crippen molar-refractivity contribution in [2.45, 2.75) is 19.5 Å². The summed E-state index contributed by atoms with van der Waals surface area (Å²) in [6, 6.07) is 5.41. The van der Waals surface area contributed by atoms with E-state index in [-0.39, 0.29) is 0 Å². The van der Waals surface area contributed by atoms with Gasteiger partial charge in [-0.05, 0) is 18.2 Å². The van der Waals surface area contributed by atoms with Crippen LogP contribution in [0.5, 0.6) is 0 Å². The van der Waals surface area contributed by atoms with E-state index in [0.717, 1.165) is 39.6 Å². The highest BCUT2D eigenvalue weighted by Gasteiger charge is 2.22. The Balaban J connectivity index is 1.41. The van der Waals surface area contributed by atoms with Gasteiger partial charge in [-0.15, -0.1) is 0 Å². The van der Waals surface area contributed by atoms with Crippen LogP contribution in [0.4, 0.5) is 0 Å². The number of aromatic nitrogens is 4. The van der Waals surface area contributed by atoms with Crippen LogP contribution in [0, 0.1) is 0 Å². The number of rotatable bonds is 3. The third-order valence-corrected chi connectivity index (χ3v) is 6.03. The number of hydrogen-bond donors (Lipinski definition) is 0. The van der Waals surface area contributed by atoms with E-state index >= 15 is 0 Å². The summed E-state index contributed by atoms with van der Waals surface area (Å²) < 4.78 is 6.36. The van der Waals surface area contributed by atoms with E-state index in [9.17, 15) is 4.79 Å². The molecule has 4 aromatic rings. The normalized spacial score (nSPS) is 14.1. The summed E-state index contributed by atoms with van der Waals surface area (Å²) in [7, 11) is 0. The van der Waals surface area contributed by atoms with E-state index in [2.05, 4.69) is 40.8 Å². The summed E-state index contributed by atoms with van der Waals surface area (Å²) in [6.45, 7) is 1.78. The Hall–Kier alpha value is -2.68. The molecule has 150 valence electrons. The second kappa shape index (κ2) is 7.86. The molecule has 0 amide bonds. The van der Waals surface area contributed by atoms with Crippen molar-refractivity contribution in [1.82, 2.24) is 24.8 Å². The molecule has 0 radical (unpaired) electrons. The van der Waals surface area contributed by atoms with Crippen LogP contribution in [0.2, 0.25) is 5.02 Å². The van der Waals surface area contributed by atoms with Gasteiger partial charge in [0, 0.05) is 60.1 Å². The first-order valence-corrected chi connectivity index (χ1v) is 10.5. The molecule has 1 aliphatic heterocycles. The number of benzene rings is 1. The molecular weight excluding hydrogens is 470 g/mol. The van der Waals surface area contributed by atoms with Gasteiger partial charge in [0.05, 0.1) is 21.8 Å². The molecule has 7 nitrogen and oxygen atoms in total. The SMILES string of the molecule is O=c1oc2ccc(Br)cc2c(Cl)c1CN1CCc2nc(-c3cncnc3)ncc2C1. The molecule has 0 unspecified atom stereocenters. The Morgan fingerprint density at radius 1 is 1.20 bits per heavy atom. The van der Waals surface area contributed by atoms with E-state index < -0.39 is 5.63 Å². The van der Waals surface area contributed by atoms with Gasteiger partial charge in [-0.1, -0.05) is 27.5 Å². The lowest BCUT2D eigenvalue weighted by atomic mass is 10.1. The fourth-order valence-corrected chi connectivity index (χ4v) is 4.24. The number of halogens is 2. The molecular formula is C21H15BrClN5O2. The molecule has 0 saturated carbocycles. The summed E-state index contributed by atoms with van der Waals surface area (Å²) in [6.07, 6.45) is 7.46. The van der Waals surface area contributed by atoms with Crippen molar-refractivity contribution < 1.29 is 4.42 Å². The zero-order valence-corrected chi connectivity index (χ0v) is 18.0. The monoisotopic (exact) mass is 483 g/mol. The Kier molecular flexibility index (Phi) is 5.06. The van der Waals surface area contributed by atoms with Gasteiger partial charge >= 0.3 is 5.63 Å². The minimum atomic E-state index is -0.406. The van der Waals surface area contributed by atoms with E-state index in [4.69, 9.17) is 16.0 Å². The lowest BCUT2D eigenvalue weighted by molar-refractivity contribution is 0.240. The maximum Gasteiger partial charge on any atom is 0.342 e. The van der Waals surface area contributed by atoms with Gasteiger partial charge in [0.2, 0.25) is 0 Å². The first kappa shape index (κ1) is 19.3. The topological polar surface area (TPSA) is 85.0 Å². The first-order valence-electron chi connectivity index (χ1n) is 9.32. The van der Waals surface area contributed by atoms with Crippen molar-refractivity contribution in [2.75, 3.05) is 6.54 Å². The Morgan fingerprint density at radius 3 is 2.87 bits per heavy atom. The second-order valence-corrected chi connectivity index (χ2v) is 8.37. The molecule has 0 spiro atoms. The molecule has 30 heavy (non-hydrogen) atoms. The third-order valence-electron chi connectivity index (χ3n) is 5.11. The third kappa shape index (κ3) is 3.62. The molecule has 0 aliphatic carbocycles. The van der Waals surface area contributed by atoms with Crippen LogP contribution in [0.3, 0.4) is 0 Å². The highest BCUT2D eigenvalue weighted by molar-refractivity contribution is 9.10. The molecule has 0 N–H and O–H groups in total. The number of hydrogen-bond acceptors (Lipinski definition) is 7. The fourth-order valence-electron chi connectivity index (χ4n) is 3.60. The van der Waals surface area contributed by atoms with Crippen LogP contribution < -0.4 is 5.63 Å². The van der Waals surface area contributed by atoms with Crippen molar-refractivity contribution >= 4 is 38.5 Å². The highest BCUT2D eigenvalue weighted by Crippen LogP contribution is 2.29. The quantitative estimate of drug-likeness (QED) is 0.406. The predicted octanol–water partition coefficient (Wildman–Crippen LogP) is 4.01. The lowest BCUT2D eigenvalue weighted by Gasteiger charge is -2.28. The van der Waals surface area contributed by atoms with Gasteiger partial charge in [0.25, 0.3) is 0 Å². The average Bonchev–Trinajstić information content (AvgIpc) is 2.77. The lowest BCUT2D eigenvalue weighted by Crippen LogP contribution is -2.32. The highest BCUT2D eigenvalue weighted by atomic mass is 79.9. The molecule has 1 aliphatic rings. The van der Waals surface area contributed by atoms with Crippen LogP contribution in [0.1, 0.15) is 16.8 Å². The maximum absolute atomic E-state index is 12.5. The zero-order chi connectivity index (χ0) is 20.7. The van der Waals surface area contributed by atoms with Crippen LogP contribution in [-0.4, -0.2) is 31.4 Å². The molecule has 9 heteroatoms. The van der Waals surface area contributed by atoms with Crippen LogP contribution in [-0.2, 0) is 19.5 Å². The van der Waals surface area contributed by atoms with Crippen LogP contribution in [0.25, 0.3) is 22.4 Å². The molecule has 0 bridgehead atoms. The van der Waals surface area contributed by atoms with E-state index in [1.807, 2.05) is 18.3 Å². The summed E-state index contributed by atoms with van der Waals surface area (Å²) >= 11 is 10.0. The largest absolute Gasteiger partial charge is 0.422 e. The fraction of sp³-hybridized carbons (Fsp3) is 0.190. The minimum Gasteiger partial charge on any atom is -0.422 e. The standard InChI is InChI=1S/C21H15BrClN5O2/c22-14-1-2-18-15(5-14)19(23)16(21(29)30-18)10-28-4-3-17-13(9-28)8-26-20(27-17)12-6-24-11-25-7-12/h1-2,5-8,11H,3-4,9-10H2. The van der Waals surface area contributed by atoms with Crippen molar-refractivity contribution in [3.8, 4) is 11.4 Å². The van der Waals surface area contributed by atoms with E-state index in [1.165, 1.54) is 6.33 Å². The maximum atomic E-state index is 12.5. The first-order chi connectivity index (χ1) is 14.6. The van der Waals surface area contributed by atoms with E-state index in [0.29, 0.717) is 35.1 Å². The molecule has 5 rings (SSSR count). The molecule has 3 aromatic heterocycles. The molecule has 1 aromatic carbocycles. The van der Waals surface area contributed by atoms with Crippen molar-refractivity contribution in [1.29, 1.82) is 0 Å². The van der Waals surface area contributed by atoms with Gasteiger partial charge in [0.15, 0.2) is 5.82 Å². The van der Waals surface area contributed by atoms with Crippen molar-refractivity contribution in [3.63, 3.8) is 0 Å². The Labute approximate surface area is 184 Å². The van der Waals surface area contributed by atoms with Crippen LogP contribution >= 0.6 is 27.5 Å². The predicted molar refractivity (Wildman–Crippen MR) is 116 cm³/mol. The van der Waals surface area contributed by atoms with Crippen molar-refractivity contribution in [2.24, 2.45) is 0 Å². The van der Waals surface area contributed by atoms with Gasteiger partial charge in [0.1, 0.15) is 11.9 Å². The van der Waals surface area contributed by atoms with Crippen molar-refractivity contribution in [3.05, 3.63) is 79.9 Å². The summed E-state index contributed by atoms with van der Waals surface area (Å²) in [5, 5.41) is 1.15. The summed E-state index contributed by atoms with van der Waals surface area (Å²) in [5.41, 5.74) is 3.36. The summed E-state index contributed by atoms with van der Waals surface area (Å²) in [5.74, 6) is 0.617. The van der Waals surface area contributed by atoms with Gasteiger partial charge in [-0.2, -0.15) is 0 Å². The Morgan fingerprint density at radius 2 is 2.03 bits per heavy atom. The molecule has 0 fully saturated rings.